The Morgan fingerprint density at radius 2 is 1.15 bits per heavy atom. The van der Waals surface area contributed by atoms with Gasteiger partial charge in [0.15, 0.2) is 12.0 Å². The molecule has 3 aromatic heterocycles. The molecule has 2 aliphatic heterocycles. The molecule has 89 heavy (non-hydrogen) atoms. The molecule has 27 heteroatoms. The van der Waals surface area contributed by atoms with Gasteiger partial charge >= 0.3 is 0 Å². The van der Waals surface area contributed by atoms with E-state index in [0.29, 0.717) is 167 Å². The molecular formula is C62H107N19O8. The quantitative estimate of drug-likeness (QED) is 0.0196. The van der Waals surface area contributed by atoms with Crippen molar-refractivity contribution in [2.24, 2.45) is 22.4 Å². The molecule has 5 heterocycles. The lowest BCUT2D eigenvalue weighted by Crippen LogP contribution is -2.50. The zero-order valence-electron chi connectivity index (χ0n) is 54.0. The second-order valence-corrected chi connectivity index (χ2v) is 23.5. The molecule has 4 amide bonds. The fourth-order valence-corrected chi connectivity index (χ4v) is 10.7. The summed E-state index contributed by atoms with van der Waals surface area (Å²) in [5, 5.41) is 36.1. The second kappa shape index (κ2) is 43.0. The number of rotatable bonds is 47. The van der Waals surface area contributed by atoms with Crippen molar-refractivity contribution in [1.29, 1.82) is 0 Å². The molecule has 2 saturated heterocycles. The first-order valence-electron chi connectivity index (χ1n) is 33.1. The first kappa shape index (κ1) is 73.0. The lowest BCUT2D eigenvalue weighted by Gasteiger charge is -2.36. The molecule has 0 aliphatic carbocycles. The van der Waals surface area contributed by atoms with Gasteiger partial charge in [0.2, 0.25) is 41.5 Å². The second-order valence-electron chi connectivity index (χ2n) is 23.5. The average Bonchev–Trinajstić information content (AvgIpc) is 2.47. The minimum Gasteiger partial charge on any atom is -0.391 e. The Bertz CT molecular complexity index is 2540. The van der Waals surface area contributed by atoms with Crippen LogP contribution in [0.4, 0.5) is 17.8 Å². The number of nitrogens with zero attached hydrogens (tertiary/aromatic N) is 14. The van der Waals surface area contributed by atoms with Gasteiger partial charge < -0.3 is 66.3 Å². The topological polar surface area (TPSA) is 330 Å². The minimum atomic E-state index is -0.891. The summed E-state index contributed by atoms with van der Waals surface area (Å²) in [6.45, 7) is 16.9. The number of hydrogen-bond donors (Lipinski definition) is 6. The molecule has 0 aromatic carbocycles. The summed E-state index contributed by atoms with van der Waals surface area (Å²) in [6, 6.07) is -1.28. The Hall–Kier alpha value is -6.76. The van der Waals surface area contributed by atoms with E-state index in [9.17, 15) is 24.3 Å². The van der Waals surface area contributed by atoms with Crippen LogP contribution in [0.5, 0.6) is 0 Å². The maximum atomic E-state index is 13.4. The van der Waals surface area contributed by atoms with E-state index >= 15 is 0 Å². The number of ether oxygens (including phenoxy) is 3. The van der Waals surface area contributed by atoms with Gasteiger partial charge in [-0.25, -0.2) is 9.36 Å². The number of unbranched alkanes of at least 4 members (excludes halogenated alkanes) is 14. The van der Waals surface area contributed by atoms with E-state index in [4.69, 9.17) is 47.1 Å². The number of aryl methyl sites for hydroxylation is 1. The van der Waals surface area contributed by atoms with Crippen molar-refractivity contribution < 1.29 is 38.5 Å². The number of aliphatic imine (C=N–C) groups is 1. The third kappa shape index (κ3) is 28.7. The van der Waals surface area contributed by atoms with Crippen LogP contribution in [0, 0.1) is 25.2 Å². The number of carbonyl (C=O) groups is 4. The smallest absolute Gasteiger partial charge is 0.247 e. The zero-order valence-corrected chi connectivity index (χ0v) is 54.0. The molecule has 0 spiro atoms. The van der Waals surface area contributed by atoms with Crippen LogP contribution in [0.3, 0.4) is 0 Å². The summed E-state index contributed by atoms with van der Waals surface area (Å²) >= 11 is 0. The molecule has 4 atom stereocenters. The van der Waals surface area contributed by atoms with Crippen LogP contribution in [0.15, 0.2) is 17.4 Å². The molecular weight excluding hydrogens is 1140 g/mol. The number of piperazine rings is 2. The molecule has 2 aliphatic rings. The predicted molar refractivity (Wildman–Crippen MR) is 344 cm³/mol. The maximum Gasteiger partial charge on any atom is 0.247 e. The van der Waals surface area contributed by atoms with Crippen molar-refractivity contribution in [2.45, 2.75) is 187 Å². The predicted octanol–water partition coefficient (Wildman–Crippen LogP) is 4.51. The van der Waals surface area contributed by atoms with Crippen LogP contribution < -0.4 is 37.2 Å². The Morgan fingerprint density at radius 1 is 0.640 bits per heavy atom. The summed E-state index contributed by atoms with van der Waals surface area (Å²) in [6.07, 6.45) is 28.3. The van der Waals surface area contributed by atoms with Gasteiger partial charge in [0.25, 0.3) is 0 Å². The number of nitrogens with one attached hydrogen (secondary N) is 3. The van der Waals surface area contributed by atoms with Crippen molar-refractivity contribution in [3.05, 3.63) is 23.8 Å². The number of aliphatic hydroxyl groups excluding tert-OH is 1. The molecule has 27 nitrogen and oxygen atoms in total. The summed E-state index contributed by atoms with van der Waals surface area (Å²) < 4.78 is 19.7. The van der Waals surface area contributed by atoms with Gasteiger partial charge in [-0.05, 0) is 64.7 Å². The van der Waals surface area contributed by atoms with Crippen LogP contribution in [-0.2, 0) is 39.8 Å². The number of terminal acetylenes is 1. The Kier molecular flexibility index (Phi) is 35.3. The molecule has 5 rings (SSSR count). The van der Waals surface area contributed by atoms with E-state index in [1.54, 1.807) is 24.7 Å². The molecule has 0 saturated carbocycles. The standard InChI is InChI=1S/C62H107N19O8/c1-6-40-87-42-44-89-45-43-88-41-31-68-60-69-61(71-62(70-60)79-38-34-77(35-39-79)55(84)27-21-17-13-9-11-15-19-23-29-66-58(86)56(51(5)82)81-47-50(4)72-74-81)78-36-32-76(33-37-78)54(83)26-20-16-12-8-10-14-18-22-28-65-57(85)53(25-24-30-67-59(63)64)80-48-52(73-75-80)46-49(3)7-2/h1,47-49,51,53,56,82H,7-46H2,2-5H3,(H,65,85)(H,66,86)(H4,63,64,67)(H,68,69,70,71)/t49-,51-,53-,56+/m0/s1. The molecule has 0 unspecified atom stereocenters. The molecule has 2 fully saturated rings. The van der Waals surface area contributed by atoms with E-state index in [-0.39, 0.29) is 36.2 Å². The number of hydrogen-bond acceptors (Lipinski definition) is 19. The number of amides is 4. The molecule has 0 radical (unpaired) electrons. The molecule has 8 N–H and O–H groups in total. The zero-order chi connectivity index (χ0) is 63.9. The minimum absolute atomic E-state index is 0.0403. The van der Waals surface area contributed by atoms with E-state index in [0.717, 1.165) is 121 Å². The fraction of sp³-hybridized carbons (Fsp3) is 0.774. The average molecular weight is 1250 g/mol. The first-order valence-corrected chi connectivity index (χ1v) is 33.1. The van der Waals surface area contributed by atoms with Gasteiger partial charge in [-0.1, -0.05) is 114 Å². The third-order valence-electron chi connectivity index (χ3n) is 16.1. The molecule has 0 bridgehead atoms. The lowest BCUT2D eigenvalue weighted by atomic mass is 10.0. The normalized spacial score (nSPS) is 14.9. The number of anilines is 3. The van der Waals surface area contributed by atoms with Crippen molar-refractivity contribution in [2.75, 3.05) is 133 Å². The summed E-state index contributed by atoms with van der Waals surface area (Å²) in [5.41, 5.74) is 12.6. The highest BCUT2D eigenvalue weighted by Crippen LogP contribution is 2.22. The summed E-state index contributed by atoms with van der Waals surface area (Å²) in [7, 11) is 0. The third-order valence-corrected chi connectivity index (χ3v) is 16.1. The van der Waals surface area contributed by atoms with Gasteiger partial charge in [0.1, 0.15) is 12.6 Å². The van der Waals surface area contributed by atoms with Crippen LogP contribution in [-0.4, -0.2) is 214 Å². The molecule has 498 valence electrons. The van der Waals surface area contributed by atoms with Gasteiger partial charge in [-0.15, -0.1) is 16.6 Å². The SMILES string of the molecule is C#CCOCCOCCOCCNc1nc(N2CCN(C(=O)CCCCCCCCCCNC(=O)[C@H](CCCN=C(N)N)n3cc(C[C@@H](C)CC)nn3)CC2)nc(N2CCN(C(=O)CCCCCCCCCCNC(=O)[C@@H]([C@H](C)O)n3cc(C)nn3)CC2)n1. The number of aromatic nitrogens is 9. The number of aliphatic hydroxyl groups is 1. The molecule has 3 aromatic rings. The van der Waals surface area contributed by atoms with E-state index in [1.165, 1.54) is 4.68 Å². The van der Waals surface area contributed by atoms with E-state index < -0.39 is 18.2 Å². The summed E-state index contributed by atoms with van der Waals surface area (Å²) in [4.78, 5) is 79.7. The lowest BCUT2D eigenvalue weighted by molar-refractivity contribution is -0.132. The van der Waals surface area contributed by atoms with Crippen molar-refractivity contribution in [3.63, 3.8) is 0 Å². The van der Waals surface area contributed by atoms with Gasteiger partial charge in [0, 0.05) is 104 Å². The van der Waals surface area contributed by atoms with E-state index in [1.807, 2.05) is 16.0 Å². The van der Waals surface area contributed by atoms with E-state index in [2.05, 4.69) is 71.1 Å². The largest absolute Gasteiger partial charge is 0.391 e. The van der Waals surface area contributed by atoms with Crippen LogP contribution in [0.1, 0.15) is 179 Å². The number of nitrogens with two attached hydrogens (primary N) is 2. The van der Waals surface area contributed by atoms with Crippen LogP contribution >= 0.6 is 0 Å². The van der Waals surface area contributed by atoms with Gasteiger partial charge in [-0.3, -0.25) is 24.2 Å². The Morgan fingerprint density at radius 3 is 1.65 bits per heavy atom. The Balaban J connectivity index is 0.962. The fourth-order valence-electron chi connectivity index (χ4n) is 10.7. The highest BCUT2D eigenvalue weighted by atomic mass is 16.5. The Labute approximate surface area is 528 Å². The maximum absolute atomic E-state index is 13.4. The van der Waals surface area contributed by atoms with Crippen molar-refractivity contribution in [1.82, 2.24) is 65.4 Å². The number of guanidine groups is 1. The van der Waals surface area contributed by atoms with Gasteiger partial charge in [0.05, 0.1) is 50.5 Å². The first-order chi connectivity index (χ1) is 43.3. The van der Waals surface area contributed by atoms with Crippen molar-refractivity contribution in [3.8, 4) is 12.3 Å². The van der Waals surface area contributed by atoms with Crippen LogP contribution in [0.2, 0.25) is 0 Å². The highest BCUT2D eigenvalue weighted by molar-refractivity contribution is 5.81. The number of carbonyl (C=O) groups excluding carboxylic acids is 4. The summed E-state index contributed by atoms with van der Waals surface area (Å²) in [5.74, 6) is 4.53. The van der Waals surface area contributed by atoms with Crippen molar-refractivity contribution >= 4 is 47.4 Å². The monoisotopic (exact) mass is 1250 g/mol. The van der Waals surface area contributed by atoms with Gasteiger partial charge in [-0.2, -0.15) is 15.0 Å². The van der Waals surface area contributed by atoms with Crippen LogP contribution in [0.25, 0.3) is 0 Å². The highest BCUT2D eigenvalue weighted by Gasteiger charge is 2.29.